The molecule has 0 bridgehead atoms. The lowest BCUT2D eigenvalue weighted by atomic mass is 9.69. The third-order valence-electron chi connectivity index (χ3n) is 4.68. The minimum Gasteiger partial charge on any atom is -0.442 e. The fourth-order valence-electron chi connectivity index (χ4n) is 2.92. The van der Waals surface area contributed by atoms with Crippen molar-refractivity contribution in [3.8, 4) is 0 Å². The second-order valence-corrected chi connectivity index (χ2v) is 6.37. The van der Waals surface area contributed by atoms with E-state index in [1.165, 1.54) is 12.1 Å². The fraction of sp³-hybridized carbons (Fsp3) is 0.500. The number of rotatable bonds is 5. The van der Waals surface area contributed by atoms with Crippen LogP contribution in [0.2, 0.25) is 0 Å². The van der Waals surface area contributed by atoms with E-state index in [4.69, 9.17) is 4.74 Å². The summed E-state index contributed by atoms with van der Waals surface area (Å²) in [6, 6.07) is 3.80. The maximum absolute atomic E-state index is 13.4. The lowest BCUT2D eigenvalue weighted by molar-refractivity contribution is -0.137. The van der Waals surface area contributed by atoms with Gasteiger partial charge in [-0.3, -0.25) is 0 Å². The predicted molar refractivity (Wildman–Crippen MR) is 84.3 cm³/mol. The molecule has 1 heterocycles. The van der Waals surface area contributed by atoms with E-state index in [1.807, 2.05) is 0 Å². The number of carbonyl (C=O) groups excluding carboxylic acids is 1. The summed E-state index contributed by atoms with van der Waals surface area (Å²) in [7, 11) is 0. The van der Waals surface area contributed by atoms with Gasteiger partial charge in [0.2, 0.25) is 0 Å². The van der Waals surface area contributed by atoms with Gasteiger partial charge in [0.15, 0.2) is 0 Å². The largest absolute Gasteiger partial charge is 0.442 e. The first-order valence-corrected chi connectivity index (χ1v) is 7.89. The minimum absolute atomic E-state index is 0.0441. The van der Waals surface area contributed by atoms with E-state index in [-0.39, 0.29) is 42.1 Å². The van der Waals surface area contributed by atoms with Gasteiger partial charge in [-0.15, -0.1) is 0 Å². The molecule has 1 saturated carbocycles. The highest BCUT2D eigenvalue weighted by Crippen LogP contribution is 2.42. The van der Waals surface area contributed by atoms with Crippen molar-refractivity contribution in [1.82, 2.24) is 5.43 Å². The number of hydrogen-bond donors (Lipinski definition) is 3. The summed E-state index contributed by atoms with van der Waals surface area (Å²) in [5.74, 6) is 0. The number of nitrogens with one attached hydrogen (secondary N) is 2. The molecule has 3 rings (SSSR count). The van der Waals surface area contributed by atoms with Crippen LogP contribution in [0.1, 0.15) is 30.4 Å². The van der Waals surface area contributed by atoms with Gasteiger partial charge in [0.05, 0.1) is 12.2 Å². The van der Waals surface area contributed by atoms with Crippen molar-refractivity contribution in [3.05, 3.63) is 29.3 Å². The number of carbonyl (C=O) groups is 1. The number of aliphatic hydroxyl groups is 1. The topological polar surface area (TPSA) is 83.0 Å². The van der Waals surface area contributed by atoms with Gasteiger partial charge < -0.3 is 15.2 Å². The Labute approximate surface area is 142 Å². The molecule has 1 fully saturated rings. The molecule has 1 amide bonds. The van der Waals surface area contributed by atoms with Crippen molar-refractivity contribution in [1.29, 1.82) is 0 Å². The van der Waals surface area contributed by atoms with Crippen molar-refractivity contribution in [2.75, 3.05) is 25.1 Å². The van der Waals surface area contributed by atoms with E-state index in [9.17, 15) is 23.1 Å². The van der Waals surface area contributed by atoms with Gasteiger partial charge in [0.25, 0.3) is 0 Å². The number of nitrogens with zero attached hydrogens (tertiary/aromatic N) is 1. The molecule has 136 valence electrons. The van der Waals surface area contributed by atoms with Crippen LogP contribution in [0.5, 0.6) is 0 Å². The van der Waals surface area contributed by atoms with Crippen LogP contribution in [-0.2, 0) is 10.9 Å². The Morgan fingerprint density at radius 3 is 2.64 bits per heavy atom. The van der Waals surface area contributed by atoms with E-state index in [1.54, 1.807) is 0 Å². The Morgan fingerprint density at radius 2 is 2.12 bits per heavy atom. The first-order valence-electron chi connectivity index (χ1n) is 7.89. The molecule has 3 N–H and O–H groups in total. The number of amides is 1. The third-order valence-corrected chi connectivity index (χ3v) is 4.68. The Balaban J connectivity index is 1.84. The van der Waals surface area contributed by atoms with Crippen LogP contribution in [0, 0.1) is 5.41 Å². The molecule has 25 heavy (non-hydrogen) atoms. The summed E-state index contributed by atoms with van der Waals surface area (Å²) in [6.07, 6.45) is -2.73. The lowest BCUT2D eigenvalue weighted by Gasteiger charge is -2.40. The average Bonchev–Trinajstić information content (AvgIpc) is 2.54. The highest BCUT2D eigenvalue weighted by Gasteiger charge is 2.38. The standard InChI is InChI=1S/C16H18F3N3O3/c17-16(18,19)11-6-10(13-7-25-14(24)22-21-13)2-3-12(11)20-8-15(9-23)4-1-5-15/h2-3,6,20,23H,1,4-5,7-9H2,(H,22,24). The molecule has 9 heteroatoms. The molecule has 0 spiro atoms. The van der Waals surface area contributed by atoms with Crippen molar-refractivity contribution < 1.29 is 27.8 Å². The second kappa shape index (κ2) is 6.55. The number of hydrogen-bond acceptors (Lipinski definition) is 5. The highest BCUT2D eigenvalue weighted by molar-refractivity contribution is 6.04. The first kappa shape index (κ1) is 17.5. The van der Waals surface area contributed by atoms with Gasteiger partial charge in [-0.25, -0.2) is 10.2 Å². The molecule has 1 aromatic carbocycles. The summed E-state index contributed by atoms with van der Waals surface area (Å²) < 4.78 is 45.0. The Morgan fingerprint density at radius 1 is 1.36 bits per heavy atom. The molecule has 6 nitrogen and oxygen atoms in total. The first-order chi connectivity index (χ1) is 11.8. The number of alkyl halides is 3. The summed E-state index contributed by atoms with van der Waals surface area (Å²) in [4.78, 5) is 10.9. The van der Waals surface area contributed by atoms with E-state index < -0.39 is 17.8 Å². The molecule has 1 aliphatic carbocycles. The molecule has 1 aromatic rings. The number of aliphatic hydroxyl groups excluding tert-OH is 1. The van der Waals surface area contributed by atoms with Gasteiger partial charge in [-0.2, -0.15) is 18.3 Å². The number of benzene rings is 1. The molecule has 2 aliphatic rings. The van der Waals surface area contributed by atoms with Crippen molar-refractivity contribution in [2.45, 2.75) is 25.4 Å². The maximum atomic E-state index is 13.4. The molecule has 0 unspecified atom stereocenters. The number of halogens is 3. The van der Waals surface area contributed by atoms with Gasteiger partial charge in [-0.05, 0) is 25.0 Å². The monoisotopic (exact) mass is 357 g/mol. The van der Waals surface area contributed by atoms with Crippen LogP contribution in [0.15, 0.2) is 23.3 Å². The molecule has 0 saturated heterocycles. The van der Waals surface area contributed by atoms with E-state index in [0.717, 1.165) is 25.3 Å². The van der Waals surface area contributed by atoms with Crippen LogP contribution in [0.25, 0.3) is 0 Å². The lowest BCUT2D eigenvalue weighted by Crippen LogP contribution is -2.40. The van der Waals surface area contributed by atoms with Crippen LogP contribution in [-0.4, -0.2) is 36.7 Å². The van der Waals surface area contributed by atoms with Crippen molar-refractivity contribution >= 4 is 17.5 Å². The summed E-state index contributed by atoms with van der Waals surface area (Å²) in [6.45, 7) is 0.0445. The van der Waals surface area contributed by atoms with Gasteiger partial charge >= 0.3 is 12.3 Å². The molecular weight excluding hydrogens is 339 g/mol. The SMILES string of the molecule is O=C1NN=C(c2ccc(NCC3(CO)CCC3)c(C(F)(F)F)c2)CO1. The van der Waals surface area contributed by atoms with E-state index in [0.29, 0.717) is 0 Å². The van der Waals surface area contributed by atoms with E-state index in [2.05, 4.69) is 15.8 Å². The second-order valence-electron chi connectivity index (χ2n) is 6.37. The smallest absolute Gasteiger partial charge is 0.428 e. The van der Waals surface area contributed by atoms with Crippen LogP contribution in [0.3, 0.4) is 0 Å². The van der Waals surface area contributed by atoms with E-state index >= 15 is 0 Å². The maximum Gasteiger partial charge on any atom is 0.428 e. The predicted octanol–water partition coefficient (Wildman–Crippen LogP) is 2.72. The van der Waals surface area contributed by atoms with Crippen molar-refractivity contribution in [2.24, 2.45) is 10.5 Å². The van der Waals surface area contributed by atoms with Gasteiger partial charge in [0, 0.05) is 23.2 Å². The van der Waals surface area contributed by atoms with Crippen molar-refractivity contribution in [3.63, 3.8) is 0 Å². The highest BCUT2D eigenvalue weighted by atomic mass is 19.4. The normalized spacial score (nSPS) is 19.4. The fourth-order valence-corrected chi connectivity index (χ4v) is 2.92. The molecule has 0 radical (unpaired) electrons. The Kier molecular flexibility index (Phi) is 4.59. The molecule has 0 aromatic heterocycles. The number of cyclic esters (lactones) is 1. The zero-order chi connectivity index (χ0) is 18.1. The van der Waals surface area contributed by atoms with Gasteiger partial charge in [0.1, 0.15) is 12.3 Å². The molecule has 1 aliphatic heterocycles. The average molecular weight is 357 g/mol. The Hall–Kier alpha value is -2.29. The summed E-state index contributed by atoms with van der Waals surface area (Å²) >= 11 is 0. The molecule has 0 atom stereocenters. The minimum atomic E-state index is -4.55. The van der Waals surface area contributed by atoms with Crippen LogP contribution < -0.4 is 10.7 Å². The zero-order valence-corrected chi connectivity index (χ0v) is 13.3. The number of hydrazone groups is 1. The summed E-state index contributed by atoms with van der Waals surface area (Å²) in [5, 5.41) is 16.0. The quantitative estimate of drug-likeness (QED) is 0.757. The Bertz CT molecular complexity index is 694. The number of anilines is 1. The number of ether oxygens (including phenoxy) is 1. The third kappa shape index (κ3) is 3.71. The van der Waals surface area contributed by atoms with Crippen LogP contribution in [0.4, 0.5) is 23.7 Å². The molecular formula is C16H18F3N3O3. The van der Waals surface area contributed by atoms with Crippen LogP contribution >= 0.6 is 0 Å². The zero-order valence-electron chi connectivity index (χ0n) is 13.3. The van der Waals surface area contributed by atoms with Gasteiger partial charge in [-0.1, -0.05) is 12.5 Å². The summed E-state index contributed by atoms with van der Waals surface area (Å²) in [5.41, 5.74) is 1.30.